The second-order valence-electron chi connectivity index (χ2n) is 10.2. The van der Waals surface area contributed by atoms with Crippen molar-refractivity contribution >= 4 is 17.0 Å². The van der Waals surface area contributed by atoms with Gasteiger partial charge in [-0.25, -0.2) is 4.79 Å². The molecule has 1 spiro atoms. The Balaban J connectivity index is 1.55. The fourth-order valence-electron chi connectivity index (χ4n) is 5.44. The minimum Gasteiger partial charge on any atom is -0.497 e. The molecule has 1 aromatic heterocycles. The Hall–Kier alpha value is -2.99. The van der Waals surface area contributed by atoms with E-state index in [0.29, 0.717) is 6.54 Å². The number of nitrogens with one attached hydrogen (secondary N) is 1. The van der Waals surface area contributed by atoms with E-state index < -0.39 is 11.1 Å². The number of hydrogen-bond donors (Lipinski definition) is 1. The van der Waals surface area contributed by atoms with Gasteiger partial charge in [0.25, 0.3) is 0 Å². The molecule has 6 nitrogen and oxygen atoms in total. The zero-order valence-corrected chi connectivity index (χ0v) is 20.0. The number of methoxy groups -OCH3 is 1. The highest BCUT2D eigenvalue weighted by Crippen LogP contribution is 2.46. The van der Waals surface area contributed by atoms with Crippen LogP contribution in [0.1, 0.15) is 44.0 Å². The maximum absolute atomic E-state index is 13.4. The molecule has 2 aliphatic rings. The van der Waals surface area contributed by atoms with Crippen molar-refractivity contribution in [2.75, 3.05) is 26.7 Å². The summed E-state index contributed by atoms with van der Waals surface area (Å²) in [6, 6.07) is 16.7. The summed E-state index contributed by atoms with van der Waals surface area (Å²) in [6.07, 6.45) is 1.43. The zero-order valence-electron chi connectivity index (χ0n) is 20.0. The number of aromatic nitrogens is 1. The molecule has 33 heavy (non-hydrogen) atoms. The molecule has 0 bridgehead atoms. The first-order valence-electron chi connectivity index (χ1n) is 11.7. The summed E-state index contributed by atoms with van der Waals surface area (Å²) in [7, 11) is 1.70. The Morgan fingerprint density at radius 1 is 1.12 bits per heavy atom. The van der Waals surface area contributed by atoms with Crippen molar-refractivity contribution in [1.29, 1.82) is 0 Å². The van der Waals surface area contributed by atoms with Crippen LogP contribution in [0.15, 0.2) is 48.5 Å². The van der Waals surface area contributed by atoms with Crippen LogP contribution in [-0.2, 0) is 23.2 Å². The molecule has 174 valence electrons. The predicted octanol–water partition coefficient (Wildman–Crippen LogP) is 5.07. The Kier molecular flexibility index (Phi) is 5.36. The SMILES string of the molecule is COc1ccc2[nH]c3c(c2c1)CCN(C(=O)OC(C)(C)C)C31CCN(Cc2ccccc2)C1. The third-order valence-corrected chi connectivity index (χ3v) is 6.87. The van der Waals surface area contributed by atoms with Crippen molar-refractivity contribution < 1.29 is 14.3 Å². The van der Waals surface area contributed by atoms with Gasteiger partial charge in [-0.05, 0) is 62.9 Å². The van der Waals surface area contributed by atoms with E-state index in [1.807, 2.05) is 37.8 Å². The number of likely N-dealkylation sites (tertiary alicyclic amines) is 1. The zero-order chi connectivity index (χ0) is 23.2. The lowest BCUT2D eigenvalue weighted by molar-refractivity contribution is -0.00744. The first-order chi connectivity index (χ1) is 15.8. The number of carbonyl (C=O) groups is 1. The lowest BCUT2D eigenvalue weighted by Crippen LogP contribution is -2.56. The van der Waals surface area contributed by atoms with E-state index in [0.717, 1.165) is 49.4 Å². The van der Waals surface area contributed by atoms with Crippen molar-refractivity contribution in [1.82, 2.24) is 14.8 Å². The first kappa shape index (κ1) is 21.8. The van der Waals surface area contributed by atoms with Crippen molar-refractivity contribution in [3.05, 3.63) is 65.4 Å². The fourth-order valence-corrected chi connectivity index (χ4v) is 5.44. The number of nitrogens with zero attached hydrogens (tertiary/aromatic N) is 2. The molecule has 1 atom stereocenters. The number of rotatable bonds is 3. The Morgan fingerprint density at radius 3 is 2.64 bits per heavy atom. The van der Waals surface area contributed by atoms with Crippen LogP contribution in [0.3, 0.4) is 0 Å². The van der Waals surface area contributed by atoms with Gasteiger partial charge in [-0.1, -0.05) is 30.3 Å². The van der Waals surface area contributed by atoms with Gasteiger partial charge in [0.2, 0.25) is 0 Å². The maximum Gasteiger partial charge on any atom is 0.411 e. The van der Waals surface area contributed by atoms with Gasteiger partial charge in [0.05, 0.1) is 7.11 Å². The molecule has 3 aromatic rings. The lowest BCUT2D eigenvalue weighted by Gasteiger charge is -2.44. The molecular formula is C27H33N3O3. The molecule has 6 heteroatoms. The van der Waals surface area contributed by atoms with E-state index in [9.17, 15) is 4.79 Å². The third-order valence-electron chi connectivity index (χ3n) is 6.87. The van der Waals surface area contributed by atoms with Crippen LogP contribution in [0.5, 0.6) is 5.75 Å². The second kappa shape index (κ2) is 8.10. The maximum atomic E-state index is 13.4. The van der Waals surface area contributed by atoms with Crippen LogP contribution >= 0.6 is 0 Å². The average molecular weight is 448 g/mol. The Labute approximate surface area is 195 Å². The molecule has 2 aliphatic heterocycles. The fraction of sp³-hybridized carbons (Fsp3) is 0.444. The van der Waals surface area contributed by atoms with Crippen molar-refractivity contribution in [3.8, 4) is 5.75 Å². The number of H-pyrrole nitrogens is 1. The van der Waals surface area contributed by atoms with Crippen molar-refractivity contribution in [2.24, 2.45) is 0 Å². The highest BCUT2D eigenvalue weighted by molar-refractivity contribution is 5.87. The number of ether oxygens (including phenoxy) is 2. The molecular weight excluding hydrogens is 414 g/mol. The summed E-state index contributed by atoms with van der Waals surface area (Å²) in [5.41, 5.74) is 3.86. The van der Waals surface area contributed by atoms with E-state index in [1.165, 1.54) is 16.5 Å². The smallest absolute Gasteiger partial charge is 0.411 e. The van der Waals surface area contributed by atoms with Gasteiger partial charge in [-0.2, -0.15) is 0 Å². The monoisotopic (exact) mass is 447 g/mol. The van der Waals surface area contributed by atoms with Crippen LogP contribution in [0.2, 0.25) is 0 Å². The van der Waals surface area contributed by atoms with Gasteiger partial charge in [0, 0.05) is 42.8 Å². The molecule has 1 fully saturated rings. The third kappa shape index (κ3) is 3.97. The number of hydrogen-bond acceptors (Lipinski definition) is 4. The molecule has 2 aromatic carbocycles. The van der Waals surface area contributed by atoms with Gasteiger partial charge in [-0.15, -0.1) is 0 Å². The van der Waals surface area contributed by atoms with Gasteiger partial charge in [0.1, 0.15) is 16.9 Å². The summed E-state index contributed by atoms with van der Waals surface area (Å²) in [6.45, 7) is 9.00. The molecule has 1 unspecified atom stereocenters. The second-order valence-corrected chi connectivity index (χ2v) is 10.2. The van der Waals surface area contributed by atoms with E-state index in [2.05, 4.69) is 46.3 Å². The molecule has 3 heterocycles. The van der Waals surface area contributed by atoms with Crippen LogP contribution in [0.4, 0.5) is 4.79 Å². The first-order valence-corrected chi connectivity index (χ1v) is 11.7. The van der Waals surface area contributed by atoms with Crippen molar-refractivity contribution in [2.45, 2.75) is 51.3 Å². The summed E-state index contributed by atoms with van der Waals surface area (Å²) < 4.78 is 11.4. The van der Waals surface area contributed by atoms with Gasteiger partial charge in [0.15, 0.2) is 0 Å². The summed E-state index contributed by atoms with van der Waals surface area (Å²) >= 11 is 0. The predicted molar refractivity (Wildman–Crippen MR) is 130 cm³/mol. The highest BCUT2D eigenvalue weighted by Gasteiger charge is 2.52. The summed E-state index contributed by atoms with van der Waals surface area (Å²) in [5.74, 6) is 0.852. The molecule has 0 radical (unpaired) electrons. The van der Waals surface area contributed by atoms with E-state index >= 15 is 0 Å². The number of carbonyl (C=O) groups excluding carboxylic acids is 1. The van der Waals surface area contributed by atoms with Gasteiger partial charge < -0.3 is 14.5 Å². The topological polar surface area (TPSA) is 57.8 Å². The number of fused-ring (bicyclic) bond motifs is 4. The lowest BCUT2D eigenvalue weighted by atomic mass is 9.84. The van der Waals surface area contributed by atoms with Crippen LogP contribution in [-0.4, -0.2) is 53.2 Å². The number of benzene rings is 2. The van der Waals surface area contributed by atoms with Gasteiger partial charge >= 0.3 is 6.09 Å². The highest BCUT2D eigenvalue weighted by atomic mass is 16.6. The number of aromatic amines is 1. The summed E-state index contributed by atoms with van der Waals surface area (Å²) in [4.78, 5) is 21.6. The molecule has 1 amide bonds. The molecule has 1 N–H and O–H groups in total. The Bertz CT molecular complexity index is 1160. The average Bonchev–Trinajstić information content (AvgIpc) is 3.36. The van der Waals surface area contributed by atoms with Crippen LogP contribution < -0.4 is 4.74 Å². The van der Waals surface area contributed by atoms with Gasteiger partial charge in [-0.3, -0.25) is 9.80 Å². The summed E-state index contributed by atoms with van der Waals surface area (Å²) in [5, 5.41) is 1.19. The molecule has 0 aliphatic carbocycles. The number of amides is 1. The van der Waals surface area contributed by atoms with Crippen molar-refractivity contribution in [3.63, 3.8) is 0 Å². The standard InChI is InChI=1S/C27H33N3O3/c1-26(2,3)33-25(31)30-14-12-21-22-16-20(32-4)10-11-23(22)28-24(21)27(30)13-15-29(18-27)17-19-8-6-5-7-9-19/h5-11,16,28H,12-15,17-18H2,1-4H3. The Morgan fingerprint density at radius 2 is 1.91 bits per heavy atom. The van der Waals surface area contributed by atoms with E-state index in [-0.39, 0.29) is 6.09 Å². The minimum atomic E-state index is -0.533. The minimum absolute atomic E-state index is 0.231. The van der Waals surface area contributed by atoms with E-state index in [4.69, 9.17) is 9.47 Å². The quantitative estimate of drug-likeness (QED) is 0.609. The molecule has 5 rings (SSSR count). The largest absolute Gasteiger partial charge is 0.497 e. The van der Waals surface area contributed by atoms with Crippen LogP contribution in [0.25, 0.3) is 10.9 Å². The molecule has 0 saturated carbocycles. The normalized spacial score (nSPS) is 20.9. The molecule has 1 saturated heterocycles. The van der Waals surface area contributed by atoms with Crippen LogP contribution in [0, 0.1) is 0 Å². The van der Waals surface area contributed by atoms with E-state index in [1.54, 1.807) is 7.11 Å².